The van der Waals surface area contributed by atoms with Gasteiger partial charge in [-0.1, -0.05) is 29.6 Å². The fourth-order valence-electron chi connectivity index (χ4n) is 2.38. The van der Waals surface area contributed by atoms with E-state index in [0.29, 0.717) is 16.2 Å². The summed E-state index contributed by atoms with van der Waals surface area (Å²) in [5.41, 5.74) is 1.74. The first-order chi connectivity index (χ1) is 9.11. The molecule has 1 heterocycles. The van der Waals surface area contributed by atoms with Crippen molar-refractivity contribution >= 4 is 23.2 Å². The lowest BCUT2D eigenvalue weighted by Crippen LogP contribution is -2.40. The van der Waals surface area contributed by atoms with Crippen LogP contribution in [0, 0.1) is 6.92 Å². The number of aliphatic hydroxyl groups excluding tert-OH is 1. The van der Waals surface area contributed by atoms with Crippen molar-refractivity contribution in [3.63, 3.8) is 0 Å². The zero-order chi connectivity index (χ0) is 13.8. The molecule has 5 heteroatoms. The van der Waals surface area contributed by atoms with Crippen LogP contribution < -0.4 is 0 Å². The smallest absolute Gasteiger partial charge is 0.135 e. The molecule has 1 fully saturated rings. The summed E-state index contributed by atoms with van der Waals surface area (Å²) in [6, 6.07) is 2.45. The molecule has 2 rings (SSSR count). The highest BCUT2D eigenvalue weighted by Gasteiger charge is 2.26. The number of aliphatic hydroxyl groups is 1. The Balaban J connectivity index is 2.11. The van der Waals surface area contributed by atoms with Crippen LogP contribution in [0.25, 0.3) is 0 Å². The molecule has 1 N–H and O–H groups in total. The maximum atomic E-state index is 9.01. The molecule has 0 aliphatic heterocycles. The Morgan fingerprint density at radius 2 is 2.16 bits per heavy atom. The van der Waals surface area contributed by atoms with Gasteiger partial charge in [-0.15, -0.1) is 0 Å². The number of aryl methyl sites for hydroxylation is 1. The van der Waals surface area contributed by atoms with Crippen molar-refractivity contribution in [2.24, 2.45) is 0 Å². The fourth-order valence-corrected chi connectivity index (χ4v) is 3.03. The second-order valence-electron chi connectivity index (χ2n) is 5.15. The summed E-state index contributed by atoms with van der Waals surface area (Å²) in [5.74, 6) is 0. The Bertz CT molecular complexity index is 412. The van der Waals surface area contributed by atoms with Crippen LogP contribution >= 0.6 is 23.2 Å². The molecule has 0 bridgehead atoms. The van der Waals surface area contributed by atoms with Crippen LogP contribution in [0.4, 0.5) is 0 Å². The molecule has 106 valence electrons. The second kappa shape index (κ2) is 6.89. The zero-order valence-corrected chi connectivity index (χ0v) is 12.7. The summed E-state index contributed by atoms with van der Waals surface area (Å²) >= 11 is 12.5. The Morgan fingerprint density at radius 1 is 1.42 bits per heavy atom. The van der Waals surface area contributed by atoms with Crippen molar-refractivity contribution in [2.75, 3.05) is 13.2 Å². The SMILES string of the molecule is Cc1cc(Cl)c(CN(CCCO)C2CCC2)c(Cl)n1. The summed E-state index contributed by atoms with van der Waals surface area (Å²) in [5, 5.41) is 10.2. The molecule has 0 radical (unpaired) electrons. The third-order valence-electron chi connectivity index (χ3n) is 3.70. The maximum Gasteiger partial charge on any atom is 0.135 e. The predicted molar refractivity (Wildman–Crippen MR) is 78.7 cm³/mol. The highest BCUT2D eigenvalue weighted by molar-refractivity contribution is 6.35. The first-order valence-electron chi connectivity index (χ1n) is 6.78. The number of hydrogen-bond donors (Lipinski definition) is 1. The minimum Gasteiger partial charge on any atom is -0.396 e. The van der Waals surface area contributed by atoms with E-state index >= 15 is 0 Å². The summed E-state index contributed by atoms with van der Waals surface area (Å²) in [4.78, 5) is 6.64. The minimum absolute atomic E-state index is 0.219. The van der Waals surface area contributed by atoms with Gasteiger partial charge >= 0.3 is 0 Å². The van der Waals surface area contributed by atoms with Gasteiger partial charge in [-0.05, 0) is 32.3 Å². The van der Waals surface area contributed by atoms with Gasteiger partial charge in [-0.2, -0.15) is 0 Å². The lowest BCUT2D eigenvalue weighted by atomic mass is 9.91. The number of aromatic nitrogens is 1. The first-order valence-corrected chi connectivity index (χ1v) is 7.54. The normalized spacial score (nSPS) is 15.8. The van der Waals surface area contributed by atoms with Crippen molar-refractivity contribution in [3.8, 4) is 0 Å². The first kappa shape index (κ1) is 15.0. The Morgan fingerprint density at radius 3 is 2.68 bits per heavy atom. The van der Waals surface area contributed by atoms with Crippen molar-refractivity contribution in [3.05, 3.63) is 27.5 Å². The second-order valence-corrected chi connectivity index (χ2v) is 5.91. The van der Waals surface area contributed by atoms with Crippen LogP contribution in [0.15, 0.2) is 6.07 Å². The fraction of sp³-hybridized carbons (Fsp3) is 0.643. The third kappa shape index (κ3) is 3.82. The van der Waals surface area contributed by atoms with E-state index in [1.54, 1.807) is 0 Å². The van der Waals surface area contributed by atoms with E-state index in [2.05, 4.69) is 9.88 Å². The van der Waals surface area contributed by atoms with E-state index in [4.69, 9.17) is 28.3 Å². The molecule has 0 aromatic carbocycles. The molecule has 1 aromatic rings. The van der Waals surface area contributed by atoms with E-state index in [-0.39, 0.29) is 6.61 Å². The average molecular weight is 303 g/mol. The maximum absolute atomic E-state index is 9.01. The van der Waals surface area contributed by atoms with E-state index in [9.17, 15) is 0 Å². The molecule has 19 heavy (non-hydrogen) atoms. The monoisotopic (exact) mass is 302 g/mol. The standard InChI is InChI=1S/C14H20Cl2N2O/c1-10-8-13(15)12(14(16)17-10)9-18(6-3-7-19)11-4-2-5-11/h8,11,19H,2-7,9H2,1H3. The van der Waals surface area contributed by atoms with Crippen LogP contribution in [0.1, 0.15) is 36.9 Å². The highest BCUT2D eigenvalue weighted by Crippen LogP contribution is 2.30. The van der Waals surface area contributed by atoms with Crippen molar-refractivity contribution in [2.45, 2.75) is 45.2 Å². The molecule has 0 unspecified atom stereocenters. The highest BCUT2D eigenvalue weighted by atomic mass is 35.5. The number of nitrogens with zero attached hydrogens (tertiary/aromatic N) is 2. The largest absolute Gasteiger partial charge is 0.396 e. The predicted octanol–water partition coefficient (Wildman–Crippen LogP) is 3.43. The molecule has 0 spiro atoms. The molecule has 3 nitrogen and oxygen atoms in total. The molecule has 1 aromatic heterocycles. The van der Waals surface area contributed by atoms with Crippen LogP contribution in [-0.4, -0.2) is 34.2 Å². The van der Waals surface area contributed by atoms with Crippen LogP contribution in [-0.2, 0) is 6.54 Å². The third-order valence-corrected chi connectivity index (χ3v) is 4.35. The van der Waals surface area contributed by atoms with Gasteiger partial charge in [0, 0.05) is 42.0 Å². The summed E-state index contributed by atoms with van der Waals surface area (Å²) in [7, 11) is 0. The topological polar surface area (TPSA) is 36.4 Å². The van der Waals surface area contributed by atoms with Gasteiger partial charge < -0.3 is 5.11 Å². The van der Waals surface area contributed by atoms with Crippen molar-refractivity contribution < 1.29 is 5.11 Å². The van der Waals surface area contributed by atoms with Gasteiger partial charge in [0.25, 0.3) is 0 Å². The van der Waals surface area contributed by atoms with E-state index < -0.39 is 0 Å². The van der Waals surface area contributed by atoms with Crippen molar-refractivity contribution in [1.29, 1.82) is 0 Å². The van der Waals surface area contributed by atoms with E-state index in [1.165, 1.54) is 19.3 Å². The summed E-state index contributed by atoms with van der Waals surface area (Å²) < 4.78 is 0. The van der Waals surface area contributed by atoms with Gasteiger partial charge in [0.1, 0.15) is 5.15 Å². The summed E-state index contributed by atoms with van der Waals surface area (Å²) in [6.45, 7) is 3.70. The van der Waals surface area contributed by atoms with Gasteiger partial charge in [-0.3, -0.25) is 4.90 Å². The number of pyridine rings is 1. The Kier molecular flexibility index (Phi) is 5.46. The zero-order valence-electron chi connectivity index (χ0n) is 11.2. The van der Waals surface area contributed by atoms with Crippen LogP contribution in [0.2, 0.25) is 10.2 Å². The molecular formula is C14H20Cl2N2O. The number of hydrogen-bond acceptors (Lipinski definition) is 3. The quantitative estimate of drug-likeness (QED) is 0.818. The Hall–Kier alpha value is -0.350. The minimum atomic E-state index is 0.219. The Labute approximate surface area is 124 Å². The molecule has 0 saturated heterocycles. The lowest BCUT2D eigenvalue weighted by Gasteiger charge is -2.37. The van der Waals surface area contributed by atoms with Crippen LogP contribution in [0.3, 0.4) is 0 Å². The molecule has 0 atom stereocenters. The lowest BCUT2D eigenvalue weighted by molar-refractivity contribution is 0.109. The number of halogens is 2. The number of rotatable bonds is 6. The molecule has 1 saturated carbocycles. The van der Waals surface area contributed by atoms with Crippen molar-refractivity contribution in [1.82, 2.24) is 9.88 Å². The van der Waals surface area contributed by atoms with Gasteiger partial charge in [-0.25, -0.2) is 4.98 Å². The summed E-state index contributed by atoms with van der Waals surface area (Å²) in [6.07, 6.45) is 4.51. The molecule has 0 amide bonds. The van der Waals surface area contributed by atoms with E-state index in [1.807, 2.05) is 13.0 Å². The van der Waals surface area contributed by atoms with Gasteiger partial charge in [0.15, 0.2) is 0 Å². The van der Waals surface area contributed by atoms with Gasteiger partial charge in [0.05, 0.1) is 0 Å². The van der Waals surface area contributed by atoms with Gasteiger partial charge in [0.2, 0.25) is 0 Å². The molecule has 1 aliphatic rings. The van der Waals surface area contributed by atoms with Crippen LogP contribution in [0.5, 0.6) is 0 Å². The molecule has 1 aliphatic carbocycles. The average Bonchev–Trinajstić information content (AvgIpc) is 2.27. The molecular weight excluding hydrogens is 283 g/mol. The van der Waals surface area contributed by atoms with E-state index in [0.717, 1.165) is 30.8 Å².